The van der Waals surface area contributed by atoms with Gasteiger partial charge in [-0.15, -0.1) is 0 Å². The smallest absolute Gasteiger partial charge is 0.145 e. The molecule has 0 aliphatic rings. The maximum Gasteiger partial charge on any atom is 0.145 e. The van der Waals surface area contributed by atoms with Gasteiger partial charge in [-0.2, -0.15) is 0 Å². The largest absolute Gasteiger partial charge is 0.369 e. The van der Waals surface area contributed by atoms with Crippen molar-refractivity contribution in [1.82, 2.24) is 19.9 Å². The van der Waals surface area contributed by atoms with Gasteiger partial charge in [0.05, 0.1) is 18.6 Å². The third-order valence-corrected chi connectivity index (χ3v) is 2.54. The molecule has 2 rings (SSSR count). The van der Waals surface area contributed by atoms with Crippen LogP contribution in [-0.4, -0.2) is 26.5 Å². The van der Waals surface area contributed by atoms with Gasteiger partial charge in [0.1, 0.15) is 15.9 Å². The van der Waals surface area contributed by atoms with Crippen molar-refractivity contribution in [2.45, 2.75) is 17.0 Å². The molecule has 6 heteroatoms. The SMILES string of the molecule is CCNc1cncc(Sc2cnccn2)n1. The molecule has 1 N–H and O–H groups in total. The molecule has 5 nitrogen and oxygen atoms in total. The summed E-state index contributed by atoms with van der Waals surface area (Å²) in [7, 11) is 0. The zero-order valence-electron chi connectivity index (χ0n) is 8.79. The molecule has 0 saturated carbocycles. The van der Waals surface area contributed by atoms with Crippen molar-refractivity contribution in [1.29, 1.82) is 0 Å². The lowest BCUT2D eigenvalue weighted by Gasteiger charge is -2.03. The standard InChI is InChI=1S/C10H11N5S/c1-2-13-8-5-12-7-10(15-8)16-9-6-11-3-4-14-9/h3-7H,2H2,1H3,(H,13,15). The Kier molecular flexibility index (Phi) is 3.66. The molecule has 0 unspecified atom stereocenters. The summed E-state index contributed by atoms with van der Waals surface area (Å²) in [6, 6.07) is 0. The lowest BCUT2D eigenvalue weighted by Crippen LogP contribution is -2.00. The van der Waals surface area contributed by atoms with Crippen molar-refractivity contribution in [3.05, 3.63) is 31.0 Å². The molecule has 2 heterocycles. The van der Waals surface area contributed by atoms with E-state index in [2.05, 4.69) is 25.3 Å². The highest BCUT2D eigenvalue weighted by Gasteiger charge is 2.01. The highest BCUT2D eigenvalue weighted by Crippen LogP contribution is 2.22. The molecule has 0 amide bonds. The Labute approximate surface area is 97.8 Å². The monoisotopic (exact) mass is 233 g/mol. The topological polar surface area (TPSA) is 63.6 Å². The molecule has 0 aromatic carbocycles. The molecule has 0 aliphatic carbocycles. The molecule has 0 atom stereocenters. The summed E-state index contributed by atoms with van der Waals surface area (Å²) in [5.74, 6) is 0.774. The molecule has 0 radical (unpaired) electrons. The zero-order chi connectivity index (χ0) is 11.2. The fourth-order valence-electron chi connectivity index (χ4n) is 1.11. The highest BCUT2D eigenvalue weighted by atomic mass is 32.2. The molecule has 0 spiro atoms. The molecule has 82 valence electrons. The minimum atomic E-state index is 0.774. The van der Waals surface area contributed by atoms with Crippen LogP contribution < -0.4 is 5.32 Å². The fourth-order valence-corrected chi connectivity index (χ4v) is 1.81. The fraction of sp³-hybridized carbons (Fsp3) is 0.200. The van der Waals surface area contributed by atoms with Gasteiger partial charge in [0.15, 0.2) is 0 Å². The van der Waals surface area contributed by atoms with Crippen LogP contribution >= 0.6 is 11.8 Å². The van der Waals surface area contributed by atoms with Crippen LogP contribution in [0.4, 0.5) is 5.82 Å². The Morgan fingerprint density at radius 1 is 1.12 bits per heavy atom. The molecule has 0 saturated heterocycles. The normalized spacial score (nSPS) is 10.1. The number of nitrogens with one attached hydrogen (secondary N) is 1. The summed E-state index contributed by atoms with van der Waals surface area (Å²) in [6.07, 6.45) is 8.41. The third-order valence-electron chi connectivity index (χ3n) is 1.72. The number of nitrogens with zero attached hydrogens (tertiary/aromatic N) is 4. The average Bonchev–Trinajstić information content (AvgIpc) is 2.31. The Bertz CT molecular complexity index is 448. The predicted octanol–water partition coefficient (Wildman–Crippen LogP) is 1.85. The van der Waals surface area contributed by atoms with Gasteiger partial charge in [0.25, 0.3) is 0 Å². The minimum Gasteiger partial charge on any atom is -0.369 e. The van der Waals surface area contributed by atoms with Crippen molar-refractivity contribution in [2.75, 3.05) is 11.9 Å². The summed E-state index contributed by atoms with van der Waals surface area (Å²) in [6.45, 7) is 2.85. The summed E-state index contributed by atoms with van der Waals surface area (Å²) >= 11 is 1.44. The van der Waals surface area contributed by atoms with Gasteiger partial charge in [-0.3, -0.25) is 9.97 Å². The number of hydrogen-bond acceptors (Lipinski definition) is 6. The molecule has 0 fully saturated rings. The van der Waals surface area contributed by atoms with E-state index in [4.69, 9.17) is 0 Å². The molecular weight excluding hydrogens is 222 g/mol. The Balaban J connectivity index is 2.12. The van der Waals surface area contributed by atoms with E-state index in [0.717, 1.165) is 22.4 Å². The molecule has 16 heavy (non-hydrogen) atoms. The first-order valence-electron chi connectivity index (χ1n) is 4.88. The van der Waals surface area contributed by atoms with Crippen molar-refractivity contribution < 1.29 is 0 Å². The summed E-state index contributed by atoms with van der Waals surface area (Å²) in [4.78, 5) is 16.6. The van der Waals surface area contributed by atoms with Crippen LogP contribution in [0.5, 0.6) is 0 Å². The van der Waals surface area contributed by atoms with E-state index >= 15 is 0 Å². The van der Waals surface area contributed by atoms with E-state index in [-0.39, 0.29) is 0 Å². The van der Waals surface area contributed by atoms with E-state index in [9.17, 15) is 0 Å². The van der Waals surface area contributed by atoms with Crippen LogP contribution in [0.15, 0.2) is 41.0 Å². The molecule has 2 aromatic heterocycles. The van der Waals surface area contributed by atoms with Gasteiger partial charge in [-0.05, 0) is 18.7 Å². The van der Waals surface area contributed by atoms with E-state index in [1.807, 2.05) is 6.92 Å². The van der Waals surface area contributed by atoms with Crippen molar-refractivity contribution in [2.24, 2.45) is 0 Å². The maximum atomic E-state index is 4.38. The van der Waals surface area contributed by atoms with Crippen molar-refractivity contribution in [3.63, 3.8) is 0 Å². The Morgan fingerprint density at radius 3 is 2.75 bits per heavy atom. The molecule has 0 bridgehead atoms. The van der Waals surface area contributed by atoms with E-state index in [0.29, 0.717) is 0 Å². The minimum absolute atomic E-state index is 0.774. The van der Waals surface area contributed by atoms with Crippen LogP contribution in [0.3, 0.4) is 0 Å². The van der Waals surface area contributed by atoms with Crippen LogP contribution in [0.1, 0.15) is 6.92 Å². The second-order valence-electron chi connectivity index (χ2n) is 2.92. The van der Waals surface area contributed by atoms with Crippen molar-refractivity contribution in [3.8, 4) is 0 Å². The molecular formula is C10H11N5S. The lowest BCUT2D eigenvalue weighted by atomic mass is 10.6. The lowest BCUT2D eigenvalue weighted by molar-refractivity contribution is 1.01. The number of rotatable bonds is 4. The predicted molar refractivity (Wildman–Crippen MR) is 62.4 cm³/mol. The molecule has 2 aromatic rings. The van der Waals surface area contributed by atoms with E-state index in [1.165, 1.54) is 11.8 Å². The molecule has 0 aliphatic heterocycles. The van der Waals surface area contributed by atoms with Crippen LogP contribution in [-0.2, 0) is 0 Å². The summed E-state index contributed by atoms with van der Waals surface area (Å²) < 4.78 is 0. The number of anilines is 1. The second-order valence-corrected chi connectivity index (χ2v) is 3.96. The van der Waals surface area contributed by atoms with Gasteiger partial charge in [0, 0.05) is 18.9 Å². The Hall–Kier alpha value is -1.69. The summed E-state index contributed by atoms with van der Waals surface area (Å²) in [5.41, 5.74) is 0. The van der Waals surface area contributed by atoms with Crippen molar-refractivity contribution >= 4 is 17.6 Å². The van der Waals surface area contributed by atoms with Gasteiger partial charge >= 0.3 is 0 Å². The summed E-state index contributed by atoms with van der Waals surface area (Å²) in [5, 5.41) is 4.73. The quantitative estimate of drug-likeness (QED) is 0.869. The van der Waals surface area contributed by atoms with Gasteiger partial charge in [-0.1, -0.05) is 0 Å². The van der Waals surface area contributed by atoms with Crippen LogP contribution in [0.2, 0.25) is 0 Å². The van der Waals surface area contributed by atoms with Gasteiger partial charge < -0.3 is 5.32 Å². The maximum absolute atomic E-state index is 4.38. The third kappa shape index (κ3) is 2.90. The zero-order valence-corrected chi connectivity index (χ0v) is 9.61. The number of aromatic nitrogens is 4. The highest BCUT2D eigenvalue weighted by molar-refractivity contribution is 7.99. The average molecular weight is 233 g/mol. The van der Waals surface area contributed by atoms with E-state index in [1.54, 1.807) is 31.0 Å². The Morgan fingerprint density at radius 2 is 2.00 bits per heavy atom. The van der Waals surface area contributed by atoms with E-state index < -0.39 is 0 Å². The van der Waals surface area contributed by atoms with Crippen LogP contribution in [0, 0.1) is 0 Å². The van der Waals surface area contributed by atoms with Gasteiger partial charge in [0.2, 0.25) is 0 Å². The van der Waals surface area contributed by atoms with Gasteiger partial charge in [-0.25, -0.2) is 9.97 Å². The first-order chi connectivity index (χ1) is 7.88. The second kappa shape index (κ2) is 5.41. The first kappa shape index (κ1) is 10.8. The van der Waals surface area contributed by atoms with Crippen LogP contribution in [0.25, 0.3) is 0 Å². The number of hydrogen-bond donors (Lipinski definition) is 1. The first-order valence-corrected chi connectivity index (χ1v) is 5.70.